The number of anilines is 6. The zero-order chi connectivity index (χ0) is 39.8. The summed E-state index contributed by atoms with van der Waals surface area (Å²) in [5.74, 6) is 0.543. The van der Waals surface area contributed by atoms with Crippen molar-refractivity contribution < 1.29 is 8.83 Å². The lowest BCUT2D eigenvalue weighted by Gasteiger charge is -2.30. The topological polar surface area (TPSA) is 45.7 Å². The number of para-hydroxylation sites is 4. The van der Waals surface area contributed by atoms with Crippen LogP contribution in [0.5, 0.6) is 0 Å². The van der Waals surface area contributed by atoms with Crippen molar-refractivity contribution in [2.24, 2.45) is 0 Å². The van der Waals surface area contributed by atoms with E-state index in [0.717, 1.165) is 89.4 Å². The largest absolute Gasteiger partial charge is 0.454 e. The Morgan fingerprint density at radius 2 is 0.900 bits per heavy atom. The molecule has 284 valence electrons. The summed E-state index contributed by atoms with van der Waals surface area (Å²) >= 11 is 0. The number of hydrogen-bond acceptors (Lipinski definition) is 5. The average Bonchev–Trinajstić information content (AvgIpc) is 3.94. The van der Waals surface area contributed by atoms with Gasteiger partial charge in [0.25, 0.3) is 0 Å². The first-order valence-corrected chi connectivity index (χ1v) is 20.1. The normalized spacial score (nSPS) is 11.3. The molecule has 0 radical (unpaired) electrons. The molecule has 2 heterocycles. The minimum atomic E-state index is 0.543. The molecule has 0 bridgehead atoms. The lowest BCUT2D eigenvalue weighted by atomic mass is 10.0. The quantitative estimate of drug-likeness (QED) is 0.146. The summed E-state index contributed by atoms with van der Waals surface area (Å²) in [6.07, 6.45) is 0. The molecular weight excluding hydrogens is 735 g/mol. The van der Waals surface area contributed by atoms with Crippen LogP contribution in [0.15, 0.2) is 233 Å². The lowest BCUT2D eigenvalue weighted by Crippen LogP contribution is -2.14. The van der Waals surface area contributed by atoms with E-state index >= 15 is 0 Å². The molecule has 0 aliphatic rings. The van der Waals surface area contributed by atoms with Crippen LogP contribution < -0.4 is 9.80 Å². The monoisotopic (exact) mass is 771 g/mol. The summed E-state index contributed by atoms with van der Waals surface area (Å²) in [5, 5.41) is 2.10. The van der Waals surface area contributed by atoms with Gasteiger partial charge in [-0.25, -0.2) is 4.98 Å². The maximum Gasteiger partial charge on any atom is 0.227 e. The van der Waals surface area contributed by atoms with Crippen molar-refractivity contribution in [1.29, 1.82) is 0 Å². The molecule has 5 nitrogen and oxygen atoms in total. The van der Waals surface area contributed by atoms with Crippen LogP contribution in [-0.2, 0) is 0 Å². The van der Waals surface area contributed by atoms with Gasteiger partial charge in [-0.05, 0) is 77.4 Å². The van der Waals surface area contributed by atoms with Gasteiger partial charge in [0.05, 0.1) is 22.7 Å². The Labute approximate surface area is 347 Å². The summed E-state index contributed by atoms with van der Waals surface area (Å²) in [4.78, 5) is 9.88. The van der Waals surface area contributed by atoms with Gasteiger partial charge >= 0.3 is 0 Å². The highest BCUT2D eigenvalue weighted by Crippen LogP contribution is 2.49. The second kappa shape index (κ2) is 15.0. The molecule has 0 spiro atoms. The summed E-state index contributed by atoms with van der Waals surface area (Å²) in [6, 6.07) is 77.9. The first kappa shape index (κ1) is 35.0. The summed E-state index contributed by atoms with van der Waals surface area (Å²) in [6.45, 7) is 0. The summed E-state index contributed by atoms with van der Waals surface area (Å²) in [7, 11) is 0. The highest BCUT2D eigenvalue weighted by Gasteiger charge is 2.27. The van der Waals surface area contributed by atoms with E-state index in [1.807, 2.05) is 48.5 Å². The van der Waals surface area contributed by atoms with Crippen molar-refractivity contribution in [2.45, 2.75) is 0 Å². The van der Waals surface area contributed by atoms with Crippen molar-refractivity contribution in [1.82, 2.24) is 4.98 Å². The van der Waals surface area contributed by atoms with Crippen LogP contribution in [0.3, 0.4) is 0 Å². The number of aromatic nitrogens is 1. The maximum absolute atomic E-state index is 6.82. The molecule has 11 aromatic rings. The van der Waals surface area contributed by atoms with Gasteiger partial charge in [-0.1, -0.05) is 158 Å². The second-order valence-corrected chi connectivity index (χ2v) is 14.8. The molecule has 0 saturated heterocycles. The van der Waals surface area contributed by atoms with E-state index in [1.54, 1.807) is 0 Å². The van der Waals surface area contributed by atoms with Gasteiger partial charge < -0.3 is 18.6 Å². The van der Waals surface area contributed by atoms with Crippen molar-refractivity contribution in [3.8, 4) is 33.7 Å². The standard InChI is InChI=1S/C55H37N3O2/c1-5-18-38(19-6-1)39-32-34-43(35-33-39)58(49-30-17-28-47-46-27-14-16-31-51(46)59-54(47)49)50-36-44(37-52-53(50)56-55(60-52)41-22-9-3-10-23-41)57(42-24-11-4-12-25-42)48-29-15-13-26-45(48)40-20-7-2-8-21-40/h1-37H. The highest BCUT2D eigenvalue weighted by molar-refractivity contribution is 6.11. The zero-order valence-corrected chi connectivity index (χ0v) is 32.5. The van der Waals surface area contributed by atoms with Crippen LogP contribution in [0, 0.1) is 0 Å². The fourth-order valence-electron chi connectivity index (χ4n) is 8.29. The summed E-state index contributed by atoms with van der Waals surface area (Å²) < 4.78 is 13.6. The smallest absolute Gasteiger partial charge is 0.227 e. The Morgan fingerprint density at radius 3 is 1.65 bits per heavy atom. The predicted octanol–water partition coefficient (Wildman–Crippen LogP) is 15.7. The Balaban J connectivity index is 1.21. The Kier molecular flexibility index (Phi) is 8.75. The number of furan rings is 1. The highest BCUT2D eigenvalue weighted by atomic mass is 16.3. The van der Waals surface area contributed by atoms with Crippen LogP contribution in [-0.4, -0.2) is 4.98 Å². The van der Waals surface area contributed by atoms with Gasteiger partial charge in [0.15, 0.2) is 11.2 Å². The van der Waals surface area contributed by atoms with Crippen LogP contribution in [0.1, 0.15) is 0 Å². The second-order valence-electron chi connectivity index (χ2n) is 14.8. The lowest BCUT2D eigenvalue weighted by molar-refractivity contribution is 0.620. The van der Waals surface area contributed by atoms with E-state index in [1.165, 1.54) is 0 Å². The maximum atomic E-state index is 6.82. The minimum absolute atomic E-state index is 0.543. The zero-order valence-electron chi connectivity index (χ0n) is 32.5. The molecule has 0 aliphatic heterocycles. The molecule has 0 saturated carbocycles. The van der Waals surface area contributed by atoms with Crippen LogP contribution in [0.25, 0.3) is 66.7 Å². The van der Waals surface area contributed by atoms with Gasteiger partial charge in [-0.2, -0.15) is 0 Å². The van der Waals surface area contributed by atoms with E-state index in [0.29, 0.717) is 11.5 Å². The van der Waals surface area contributed by atoms with E-state index in [9.17, 15) is 0 Å². The Bertz CT molecular complexity index is 3250. The molecule has 5 heteroatoms. The van der Waals surface area contributed by atoms with Gasteiger partial charge in [0.1, 0.15) is 11.1 Å². The van der Waals surface area contributed by atoms with Gasteiger partial charge in [0.2, 0.25) is 5.89 Å². The first-order valence-electron chi connectivity index (χ1n) is 20.1. The predicted molar refractivity (Wildman–Crippen MR) is 247 cm³/mol. The van der Waals surface area contributed by atoms with Crippen molar-refractivity contribution >= 4 is 67.2 Å². The average molecular weight is 772 g/mol. The third-order valence-corrected chi connectivity index (χ3v) is 11.1. The van der Waals surface area contributed by atoms with E-state index in [4.69, 9.17) is 13.8 Å². The molecule has 0 aliphatic carbocycles. The number of benzene rings is 9. The van der Waals surface area contributed by atoms with E-state index < -0.39 is 0 Å². The Hall–Kier alpha value is -8.15. The fraction of sp³-hybridized carbons (Fsp3) is 0. The van der Waals surface area contributed by atoms with E-state index in [-0.39, 0.29) is 0 Å². The number of rotatable bonds is 9. The summed E-state index contributed by atoms with van der Waals surface area (Å²) in [5.41, 5.74) is 14.0. The molecule has 0 N–H and O–H groups in total. The molecule has 9 aromatic carbocycles. The first-order chi connectivity index (χ1) is 29.8. The van der Waals surface area contributed by atoms with Gasteiger partial charge in [-0.3, -0.25) is 0 Å². The molecule has 0 unspecified atom stereocenters. The molecule has 2 aromatic heterocycles. The molecule has 11 rings (SSSR count). The molecule has 0 atom stereocenters. The van der Waals surface area contributed by atoms with Crippen molar-refractivity contribution in [3.63, 3.8) is 0 Å². The van der Waals surface area contributed by atoms with Crippen LogP contribution in [0.4, 0.5) is 34.1 Å². The van der Waals surface area contributed by atoms with Crippen molar-refractivity contribution in [3.05, 3.63) is 224 Å². The van der Waals surface area contributed by atoms with Crippen LogP contribution >= 0.6 is 0 Å². The number of oxazole rings is 1. The van der Waals surface area contributed by atoms with Crippen molar-refractivity contribution in [2.75, 3.05) is 9.80 Å². The van der Waals surface area contributed by atoms with Gasteiger partial charge in [-0.15, -0.1) is 0 Å². The molecule has 60 heavy (non-hydrogen) atoms. The molecule has 0 amide bonds. The number of nitrogens with zero attached hydrogens (tertiary/aromatic N) is 3. The third-order valence-electron chi connectivity index (χ3n) is 11.1. The number of fused-ring (bicyclic) bond motifs is 4. The van der Waals surface area contributed by atoms with E-state index in [2.05, 4.69) is 186 Å². The third kappa shape index (κ3) is 6.26. The molecular formula is C55H37N3O2. The Morgan fingerprint density at radius 1 is 0.333 bits per heavy atom. The fourth-order valence-corrected chi connectivity index (χ4v) is 8.29. The SMILES string of the molecule is c1ccc(-c2ccc(N(c3cc(N(c4ccccc4)c4ccccc4-c4ccccc4)cc4oc(-c5ccccc5)nc34)c3cccc4c3oc3ccccc34)cc2)cc1. The van der Waals surface area contributed by atoms with Crippen LogP contribution in [0.2, 0.25) is 0 Å². The minimum Gasteiger partial charge on any atom is -0.454 e. The van der Waals surface area contributed by atoms with Gasteiger partial charge in [0, 0.05) is 39.3 Å². The molecule has 0 fully saturated rings. The number of hydrogen-bond donors (Lipinski definition) is 0.